The van der Waals surface area contributed by atoms with Crippen LogP contribution >= 0.6 is 0 Å². The number of benzene rings is 1. The summed E-state index contributed by atoms with van der Waals surface area (Å²) < 4.78 is 38.1. The number of morpholine rings is 1. The molecule has 202 valence electrons. The molecule has 1 aromatic carbocycles. The number of hydrogen-bond donors (Lipinski definition) is 3. The van der Waals surface area contributed by atoms with Crippen LogP contribution in [0.15, 0.2) is 10.6 Å². The first-order valence-electron chi connectivity index (χ1n) is 12.0. The molecule has 14 nitrogen and oxygen atoms in total. The van der Waals surface area contributed by atoms with Crippen LogP contribution in [0.4, 0.5) is 25.5 Å². The SMILES string of the molecule is COC[C@H]1COC(=O)N1c1noc2c(F)c3c(cc12)CC1(C=O)C(=O)NC(=O)NN[C@]12[C@@H](C)O[C@@H](C)CN32. The van der Waals surface area contributed by atoms with E-state index in [0.29, 0.717) is 6.29 Å². The van der Waals surface area contributed by atoms with Gasteiger partial charge >= 0.3 is 12.1 Å². The molecule has 0 aliphatic carbocycles. The zero-order valence-corrected chi connectivity index (χ0v) is 20.7. The van der Waals surface area contributed by atoms with Gasteiger partial charge in [0, 0.05) is 13.7 Å². The third-order valence-corrected chi connectivity index (χ3v) is 7.80. The fourth-order valence-electron chi connectivity index (χ4n) is 6.24. The number of ether oxygens (including phenoxy) is 3. The predicted molar refractivity (Wildman–Crippen MR) is 126 cm³/mol. The van der Waals surface area contributed by atoms with Gasteiger partial charge < -0.3 is 28.4 Å². The van der Waals surface area contributed by atoms with Crippen molar-refractivity contribution in [2.24, 2.45) is 5.41 Å². The Labute approximate surface area is 214 Å². The molecule has 5 atom stereocenters. The number of methoxy groups -OCH3 is 1. The maximum Gasteiger partial charge on any atom is 0.416 e. The highest BCUT2D eigenvalue weighted by molar-refractivity contribution is 6.09. The third-order valence-electron chi connectivity index (χ3n) is 7.80. The van der Waals surface area contributed by atoms with E-state index in [1.54, 1.807) is 24.8 Å². The van der Waals surface area contributed by atoms with Crippen molar-refractivity contribution in [1.29, 1.82) is 0 Å². The fraction of sp³-hybridized carbons (Fsp3) is 0.522. The zero-order valence-electron chi connectivity index (χ0n) is 20.7. The fourth-order valence-corrected chi connectivity index (χ4v) is 6.24. The van der Waals surface area contributed by atoms with Gasteiger partial charge in [-0.25, -0.2) is 24.3 Å². The molecule has 4 amide bonds. The van der Waals surface area contributed by atoms with Gasteiger partial charge in [0.25, 0.3) is 0 Å². The van der Waals surface area contributed by atoms with Crippen molar-refractivity contribution in [3.63, 3.8) is 0 Å². The molecule has 0 radical (unpaired) electrons. The van der Waals surface area contributed by atoms with Crippen molar-refractivity contribution in [1.82, 2.24) is 21.3 Å². The van der Waals surface area contributed by atoms with Crippen LogP contribution in [0.3, 0.4) is 0 Å². The van der Waals surface area contributed by atoms with Crippen molar-refractivity contribution >= 4 is 46.8 Å². The third kappa shape index (κ3) is 3.00. The Morgan fingerprint density at radius 1 is 1.32 bits per heavy atom. The minimum atomic E-state index is -1.92. The van der Waals surface area contributed by atoms with Gasteiger partial charge in [0.1, 0.15) is 18.3 Å². The van der Waals surface area contributed by atoms with E-state index in [1.807, 2.05) is 0 Å². The van der Waals surface area contributed by atoms with Gasteiger partial charge in [0.05, 0.1) is 35.9 Å². The number of urea groups is 1. The number of aldehydes is 1. The Balaban J connectivity index is 1.60. The number of cyclic esters (lactones) is 1. The second-order valence-electron chi connectivity index (χ2n) is 9.90. The largest absolute Gasteiger partial charge is 0.447 e. The highest BCUT2D eigenvalue weighted by atomic mass is 19.1. The number of imide groups is 1. The molecule has 3 saturated heterocycles. The summed E-state index contributed by atoms with van der Waals surface area (Å²) in [5.74, 6) is -1.65. The van der Waals surface area contributed by atoms with Crippen molar-refractivity contribution in [3.05, 3.63) is 17.4 Å². The summed E-state index contributed by atoms with van der Waals surface area (Å²) in [7, 11) is 1.47. The number of nitrogens with one attached hydrogen (secondary N) is 3. The molecule has 3 N–H and O–H groups in total. The van der Waals surface area contributed by atoms with Gasteiger partial charge in [-0.3, -0.25) is 15.5 Å². The molecule has 1 spiro atoms. The smallest absolute Gasteiger partial charge is 0.416 e. The first kappa shape index (κ1) is 24.5. The average Bonchev–Trinajstić information content (AvgIpc) is 3.42. The molecule has 2 aromatic rings. The van der Waals surface area contributed by atoms with Crippen LogP contribution in [0.5, 0.6) is 0 Å². The van der Waals surface area contributed by atoms with Gasteiger partial charge in [0.2, 0.25) is 11.5 Å². The maximum atomic E-state index is 16.4. The number of carbonyl (C=O) groups excluding carboxylic acids is 4. The molecule has 0 saturated carbocycles. The average molecular weight is 532 g/mol. The van der Waals surface area contributed by atoms with Crippen LogP contribution in [0.25, 0.3) is 11.0 Å². The summed E-state index contributed by atoms with van der Waals surface area (Å²) in [4.78, 5) is 54.0. The monoisotopic (exact) mass is 532 g/mol. The summed E-state index contributed by atoms with van der Waals surface area (Å²) in [6.45, 7) is 3.66. The van der Waals surface area contributed by atoms with Crippen molar-refractivity contribution < 1.29 is 42.3 Å². The predicted octanol–water partition coefficient (Wildman–Crippen LogP) is 0.334. The number of hydrogen-bond acceptors (Lipinski definition) is 11. The van der Waals surface area contributed by atoms with E-state index in [1.165, 1.54) is 12.0 Å². The van der Waals surface area contributed by atoms with Crippen molar-refractivity contribution in [2.75, 3.05) is 36.7 Å². The van der Waals surface area contributed by atoms with E-state index in [2.05, 4.69) is 21.3 Å². The topological polar surface area (TPSA) is 165 Å². The molecular formula is C23H25FN6O8. The number of carbonyl (C=O) groups is 4. The highest BCUT2D eigenvalue weighted by Crippen LogP contribution is 2.53. The number of aromatic nitrogens is 1. The number of anilines is 2. The van der Waals surface area contributed by atoms with Crippen molar-refractivity contribution in [3.8, 4) is 0 Å². The summed E-state index contributed by atoms with van der Waals surface area (Å²) in [5, 5.41) is 6.31. The lowest BCUT2D eigenvalue weighted by Crippen LogP contribution is -2.82. The van der Waals surface area contributed by atoms with Gasteiger partial charge in [-0.2, -0.15) is 0 Å². The lowest BCUT2D eigenvalue weighted by atomic mass is 9.64. The quantitative estimate of drug-likeness (QED) is 0.367. The highest BCUT2D eigenvalue weighted by Gasteiger charge is 2.69. The Morgan fingerprint density at radius 3 is 2.84 bits per heavy atom. The molecule has 15 heteroatoms. The molecule has 0 bridgehead atoms. The van der Waals surface area contributed by atoms with Gasteiger partial charge in [0.15, 0.2) is 17.3 Å². The molecule has 6 rings (SSSR count). The molecule has 38 heavy (non-hydrogen) atoms. The maximum absolute atomic E-state index is 16.4. The molecule has 4 aliphatic rings. The summed E-state index contributed by atoms with van der Waals surface area (Å²) in [6, 6.07) is 0.151. The van der Waals surface area contributed by atoms with Crippen LogP contribution in [0, 0.1) is 11.2 Å². The first-order chi connectivity index (χ1) is 18.2. The minimum Gasteiger partial charge on any atom is -0.447 e. The number of hydrazine groups is 1. The number of amides is 4. The van der Waals surface area contributed by atoms with E-state index >= 15 is 4.39 Å². The normalized spacial score (nSPS) is 32.6. The second-order valence-corrected chi connectivity index (χ2v) is 9.90. The van der Waals surface area contributed by atoms with Crippen molar-refractivity contribution in [2.45, 2.75) is 44.2 Å². The second kappa shape index (κ2) is 8.34. The van der Waals surface area contributed by atoms with Crippen LogP contribution in [-0.4, -0.2) is 80.3 Å². The standard InChI is InChI=1S/C23H25FN6O8/c1-10-6-29-16-12(5-22(9-31)19(32)25-20(33)26-28-23(22,29)11(2)37-10)4-14-17(15(16)24)38-27-18(14)30-13(7-35-3)8-36-21(30)34/h4,9-11,13,28H,5-8H2,1-3H3,(H2,25,26,32,33)/t10-,11+,13-,22?,23-/m0/s1. The Hall–Kier alpha value is -3.82. The molecule has 1 unspecified atom stereocenters. The van der Waals surface area contributed by atoms with Crippen LogP contribution < -0.4 is 26.0 Å². The summed E-state index contributed by atoms with van der Waals surface area (Å²) in [5.41, 5.74) is 1.74. The molecule has 1 aromatic heterocycles. The molecular weight excluding hydrogens is 507 g/mol. The Kier molecular flexibility index (Phi) is 5.38. The van der Waals surface area contributed by atoms with E-state index in [9.17, 15) is 19.2 Å². The summed E-state index contributed by atoms with van der Waals surface area (Å²) in [6.07, 6.45) is -1.81. The Bertz CT molecular complexity index is 1380. The van der Waals surface area contributed by atoms with Gasteiger partial charge in [-0.15, -0.1) is 0 Å². The first-order valence-corrected chi connectivity index (χ1v) is 12.0. The Morgan fingerprint density at radius 2 is 2.11 bits per heavy atom. The van der Waals surface area contributed by atoms with E-state index in [4.69, 9.17) is 18.7 Å². The van der Waals surface area contributed by atoms with E-state index in [-0.39, 0.29) is 54.2 Å². The summed E-state index contributed by atoms with van der Waals surface area (Å²) >= 11 is 0. The van der Waals surface area contributed by atoms with Gasteiger partial charge in [-0.05, 0) is 31.9 Å². The van der Waals surface area contributed by atoms with E-state index < -0.39 is 53.2 Å². The molecule has 4 aliphatic heterocycles. The zero-order chi connectivity index (χ0) is 27.0. The lowest BCUT2D eigenvalue weighted by Gasteiger charge is -2.61. The molecule has 3 fully saturated rings. The van der Waals surface area contributed by atoms with E-state index in [0.717, 1.165) is 0 Å². The lowest BCUT2D eigenvalue weighted by molar-refractivity contribution is -0.160. The van der Waals surface area contributed by atoms with Gasteiger partial charge in [-0.1, -0.05) is 5.16 Å². The minimum absolute atomic E-state index is 0.0206. The molecule has 5 heterocycles. The number of rotatable bonds is 4. The van der Waals surface area contributed by atoms with Crippen LogP contribution in [-0.2, 0) is 30.2 Å². The number of halogens is 1. The van der Waals surface area contributed by atoms with Crippen LogP contribution in [0.1, 0.15) is 19.4 Å². The number of fused-ring (bicyclic) bond motifs is 3. The number of nitrogens with zero attached hydrogens (tertiary/aromatic N) is 3. The van der Waals surface area contributed by atoms with Crippen LogP contribution in [0.2, 0.25) is 0 Å².